The third kappa shape index (κ3) is 3.77. The van der Waals surface area contributed by atoms with Gasteiger partial charge in [0.1, 0.15) is 0 Å². The van der Waals surface area contributed by atoms with Crippen LogP contribution in [0.3, 0.4) is 0 Å². The SMILES string of the molecule is COC(=O)N/N=C\c1cc(OC)c(OC)c(OC)c1. The molecule has 0 aromatic heterocycles. The average Bonchev–Trinajstić information content (AvgIpc) is 2.45. The number of hydrazone groups is 1. The number of nitrogens with one attached hydrogen (secondary N) is 1. The minimum absolute atomic E-state index is 0.489. The Labute approximate surface area is 111 Å². The fourth-order valence-corrected chi connectivity index (χ4v) is 1.38. The summed E-state index contributed by atoms with van der Waals surface area (Å²) in [4.78, 5) is 10.8. The number of ether oxygens (including phenoxy) is 4. The number of methoxy groups -OCH3 is 4. The van der Waals surface area contributed by atoms with Gasteiger partial charge >= 0.3 is 6.09 Å². The van der Waals surface area contributed by atoms with E-state index in [0.29, 0.717) is 22.8 Å². The number of hydrogen-bond acceptors (Lipinski definition) is 6. The molecule has 0 saturated carbocycles. The molecule has 0 unspecified atom stereocenters. The van der Waals surface area contributed by atoms with Crippen LogP contribution < -0.4 is 19.6 Å². The van der Waals surface area contributed by atoms with Gasteiger partial charge in [-0.1, -0.05) is 0 Å². The molecule has 0 aliphatic heterocycles. The molecule has 1 aromatic carbocycles. The van der Waals surface area contributed by atoms with Gasteiger partial charge in [0.2, 0.25) is 5.75 Å². The molecule has 0 fully saturated rings. The summed E-state index contributed by atoms with van der Waals surface area (Å²) >= 11 is 0. The number of nitrogens with zero attached hydrogens (tertiary/aromatic N) is 1. The Kier molecular flexibility index (Phi) is 5.46. The Balaban J connectivity index is 2.99. The second-order valence-corrected chi connectivity index (χ2v) is 3.32. The molecule has 0 aliphatic carbocycles. The van der Waals surface area contributed by atoms with E-state index >= 15 is 0 Å². The molecule has 1 rings (SSSR count). The lowest BCUT2D eigenvalue weighted by Crippen LogP contribution is -2.16. The van der Waals surface area contributed by atoms with E-state index in [1.54, 1.807) is 12.1 Å². The Morgan fingerprint density at radius 3 is 2.11 bits per heavy atom. The molecular weight excluding hydrogens is 252 g/mol. The van der Waals surface area contributed by atoms with E-state index in [2.05, 4.69) is 15.3 Å². The summed E-state index contributed by atoms with van der Waals surface area (Å²) in [5.41, 5.74) is 2.85. The van der Waals surface area contributed by atoms with Crippen molar-refractivity contribution in [1.29, 1.82) is 0 Å². The van der Waals surface area contributed by atoms with E-state index in [9.17, 15) is 4.79 Å². The molecule has 0 bridgehead atoms. The van der Waals surface area contributed by atoms with Crippen LogP contribution in [-0.2, 0) is 4.74 Å². The predicted octanol–water partition coefficient (Wildman–Crippen LogP) is 1.40. The van der Waals surface area contributed by atoms with Gasteiger partial charge in [-0.3, -0.25) is 0 Å². The van der Waals surface area contributed by atoms with Gasteiger partial charge in [-0.25, -0.2) is 10.2 Å². The quantitative estimate of drug-likeness (QED) is 0.645. The maximum atomic E-state index is 10.8. The minimum Gasteiger partial charge on any atom is -0.493 e. The van der Waals surface area contributed by atoms with Crippen molar-refractivity contribution in [2.75, 3.05) is 28.4 Å². The van der Waals surface area contributed by atoms with Gasteiger partial charge in [-0.15, -0.1) is 0 Å². The lowest BCUT2D eigenvalue weighted by Gasteiger charge is -2.12. The molecule has 7 heteroatoms. The molecule has 0 heterocycles. The van der Waals surface area contributed by atoms with Crippen molar-refractivity contribution in [2.45, 2.75) is 0 Å². The van der Waals surface area contributed by atoms with E-state index in [0.717, 1.165) is 0 Å². The molecule has 104 valence electrons. The molecule has 19 heavy (non-hydrogen) atoms. The molecule has 0 aliphatic rings. The van der Waals surface area contributed by atoms with Crippen LogP contribution in [0.4, 0.5) is 4.79 Å². The molecular formula is C12H16N2O5. The van der Waals surface area contributed by atoms with Crippen LogP contribution >= 0.6 is 0 Å². The van der Waals surface area contributed by atoms with Crippen LogP contribution in [0, 0.1) is 0 Å². The van der Waals surface area contributed by atoms with Crippen LogP contribution in [0.1, 0.15) is 5.56 Å². The van der Waals surface area contributed by atoms with E-state index < -0.39 is 6.09 Å². The summed E-state index contributed by atoms with van der Waals surface area (Å²) in [7, 11) is 5.81. The summed E-state index contributed by atoms with van der Waals surface area (Å²) < 4.78 is 19.9. The number of amides is 1. The van der Waals surface area contributed by atoms with Crippen molar-refractivity contribution in [3.63, 3.8) is 0 Å². The van der Waals surface area contributed by atoms with Gasteiger partial charge in [0.05, 0.1) is 34.7 Å². The highest BCUT2D eigenvalue weighted by Crippen LogP contribution is 2.37. The first kappa shape index (κ1) is 14.6. The fraction of sp³-hybridized carbons (Fsp3) is 0.333. The van der Waals surface area contributed by atoms with Crippen LogP contribution in [0.5, 0.6) is 17.2 Å². The molecule has 0 radical (unpaired) electrons. The largest absolute Gasteiger partial charge is 0.493 e. The van der Waals surface area contributed by atoms with Crippen molar-refractivity contribution in [1.82, 2.24) is 5.43 Å². The molecule has 1 amide bonds. The number of rotatable bonds is 5. The Morgan fingerprint density at radius 1 is 1.11 bits per heavy atom. The van der Waals surface area contributed by atoms with Crippen molar-refractivity contribution in [3.05, 3.63) is 17.7 Å². The molecule has 1 aromatic rings. The number of benzene rings is 1. The van der Waals surface area contributed by atoms with E-state index in [4.69, 9.17) is 14.2 Å². The fourth-order valence-electron chi connectivity index (χ4n) is 1.38. The summed E-state index contributed by atoms with van der Waals surface area (Å²) in [6.07, 6.45) is 0.783. The van der Waals surface area contributed by atoms with Gasteiger partial charge in [0.15, 0.2) is 11.5 Å². The number of carbonyl (C=O) groups excluding carboxylic acids is 1. The second kappa shape index (κ2) is 7.10. The molecule has 1 N–H and O–H groups in total. The third-order valence-corrected chi connectivity index (χ3v) is 2.24. The van der Waals surface area contributed by atoms with Gasteiger partial charge < -0.3 is 18.9 Å². The van der Waals surface area contributed by atoms with Gasteiger partial charge in [0.25, 0.3) is 0 Å². The predicted molar refractivity (Wildman–Crippen MR) is 69.2 cm³/mol. The highest BCUT2D eigenvalue weighted by Gasteiger charge is 2.12. The Hall–Kier alpha value is -2.44. The summed E-state index contributed by atoms with van der Waals surface area (Å²) in [5, 5.41) is 3.72. The average molecular weight is 268 g/mol. The zero-order valence-electron chi connectivity index (χ0n) is 11.2. The number of carbonyl (C=O) groups is 1. The maximum Gasteiger partial charge on any atom is 0.427 e. The van der Waals surface area contributed by atoms with Gasteiger partial charge in [0, 0.05) is 5.56 Å². The monoisotopic (exact) mass is 268 g/mol. The van der Waals surface area contributed by atoms with Crippen molar-refractivity contribution in [3.8, 4) is 17.2 Å². The minimum atomic E-state index is -0.649. The Morgan fingerprint density at radius 2 is 1.68 bits per heavy atom. The first-order valence-corrected chi connectivity index (χ1v) is 5.33. The van der Waals surface area contributed by atoms with Crippen molar-refractivity contribution in [2.24, 2.45) is 5.10 Å². The summed E-state index contributed by atoms with van der Waals surface area (Å²) in [6.45, 7) is 0. The van der Waals surface area contributed by atoms with Gasteiger partial charge in [-0.05, 0) is 12.1 Å². The second-order valence-electron chi connectivity index (χ2n) is 3.32. The first-order valence-electron chi connectivity index (χ1n) is 5.33. The zero-order chi connectivity index (χ0) is 14.3. The van der Waals surface area contributed by atoms with Crippen LogP contribution in [-0.4, -0.2) is 40.7 Å². The van der Waals surface area contributed by atoms with Crippen molar-refractivity contribution < 1.29 is 23.7 Å². The lowest BCUT2D eigenvalue weighted by molar-refractivity contribution is 0.171. The standard InChI is InChI=1S/C12H16N2O5/c1-16-9-5-8(7-13-14-12(15)19-4)6-10(17-2)11(9)18-3/h5-7H,1-4H3,(H,14,15)/b13-7-. The highest BCUT2D eigenvalue weighted by atomic mass is 16.5. The van der Waals surface area contributed by atoms with Crippen LogP contribution in [0.25, 0.3) is 0 Å². The van der Waals surface area contributed by atoms with Crippen molar-refractivity contribution >= 4 is 12.3 Å². The zero-order valence-corrected chi connectivity index (χ0v) is 11.2. The van der Waals surface area contributed by atoms with Crippen LogP contribution in [0.15, 0.2) is 17.2 Å². The van der Waals surface area contributed by atoms with Gasteiger partial charge in [-0.2, -0.15) is 5.10 Å². The highest BCUT2D eigenvalue weighted by molar-refractivity contribution is 5.83. The smallest absolute Gasteiger partial charge is 0.427 e. The third-order valence-electron chi connectivity index (χ3n) is 2.24. The molecule has 0 spiro atoms. The van der Waals surface area contributed by atoms with E-state index in [-0.39, 0.29) is 0 Å². The normalized spacial score (nSPS) is 10.1. The first-order chi connectivity index (χ1) is 9.15. The summed E-state index contributed by atoms with van der Waals surface area (Å²) in [6, 6.07) is 3.40. The topological polar surface area (TPSA) is 78.4 Å². The van der Waals surface area contributed by atoms with Crippen LogP contribution in [0.2, 0.25) is 0 Å². The lowest BCUT2D eigenvalue weighted by atomic mass is 10.2. The summed E-state index contributed by atoms with van der Waals surface area (Å²) in [5.74, 6) is 1.49. The Bertz CT molecular complexity index is 448. The van der Waals surface area contributed by atoms with E-state index in [1.165, 1.54) is 34.7 Å². The maximum absolute atomic E-state index is 10.8. The molecule has 7 nitrogen and oxygen atoms in total. The molecule has 0 atom stereocenters. The molecule has 0 saturated heterocycles. The van der Waals surface area contributed by atoms with E-state index in [1.807, 2.05) is 0 Å². The number of hydrogen-bond donors (Lipinski definition) is 1.